The number of hydrogen-bond donors (Lipinski definition) is 3. The first kappa shape index (κ1) is 33.4. The standard InChI is InChI=1S/C28H29ClF5N5O4/c1-2-43-27(42)16-3-5-19(6-4-16)38-24(28(32,33)34)20(12-35)26(41)39(13-15-9-17(30)11-18(31)10-15)14-22(40)23-21(29)7-8-37-25(23)36/h7-12,16,19,35,38H,2-6,13-14H2,1H3,(H2,36,37)/b24-20+,35-12?/t16-,19-. The van der Waals surface area contributed by atoms with Gasteiger partial charge in [-0.1, -0.05) is 11.6 Å². The van der Waals surface area contributed by atoms with Gasteiger partial charge in [-0.2, -0.15) is 13.2 Å². The Bertz CT molecular complexity index is 1370. The van der Waals surface area contributed by atoms with Gasteiger partial charge in [0.25, 0.3) is 5.91 Å². The number of esters is 1. The summed E-state index contributed by atoms with van der Waals surface area (Å²) >= 11 is 6.07. The highest BCUT2D eigenvalue weighted by atomic mass is 35.5. The highest BCUT2D eigenvalue weighted by Gasteiger charge is 2.41. The summed E-state index contributed by atoms with van der Waals surface area (Å²) in [7, 11) is 0. The van der Waals surface area contributed by atoms with Crippen molar-refractivity contribution in [3.63, 3.8) is 0 Å². The van der Waals surface area contributed by atoms with E-state index in [1.165, 1.54) is 12.3 Å². The van der Waals surface area contributed by atoms with Crippen LogP contribution in [0.1, 0.15) is 48.5 Å². The van der Waals surface area contributed by atoms with Gasteiger partial charge < -0.3 is 26.1 Å². The van der Waals surface area contributed by atoms with Crippen molar-refractivity contribution < 1.29 is 41.1 Å². The average molecular weight is 630 g/mol. The number of nitrogens with two attached hydrogens (primary N) is 1. The van der Waals surface area contributed by atoms with E-state index in [1.807, 2.05) is 0 Å². The first-order valence-corrected chi connectivity index (χ1v) is 13.5. The number of alkyl halides is 3. The molecule has 9 nitrogen and oxygen atoms in total. The molecule has 0 unspecified atom stereocenters. The van der Waals surface area contributed by atoms with Gasteiger partial charge in [-0.3, -0.25) is 14.4 Å². The van der Waals surface area contributed by atoms with Crippen molar-refractivity contribution in [1.82, 2.24) is 15.2 Å². The number of amides is 1. The Hall–Kier alpha value is -4.07. The topological polar surface area (TPSA) is 138 Å². The first-order valence-electron chi connectivity index (χ1n) is 13.2. The van der Waals surface area contributed by atoms with Crippen molar-refractivity contribution >= 4 is 41.3 Å². The van der Waals surface area contributed by atoms with Gasteiger partial charge in [0.05, 0.1) is 35.2 Å². The van der Waals surface area contributed by atoms with Crippen LogP contribution < -0.4 is 11.1 Å². The number of nitrogen functional groups attached to an aromatic ring is 1. The molecular weight excluding hydrogens is 601 g/mol. The predicted molar refractivity (Wildman–Crippen MR) is 147 cm³/mol. The fourth-order valence-corrected chi connectivity index (χ4v) is 5.02. The van der Waals surface area contributed by atoms with Crippen LogP contribution in [0.25, 0.3) is 0 Å². The molecule has 0 bridgehead atoms. The molecule has 1 aromatic heterocycles. The fourth-order valence-electron chi connectivity index (χ4n) is 4.76. The van der Waals surface area contributed by atoms with E-state index in [0.29, 0.717) is 11.0 Å². The SMILES string of the molecule is CCOC(=O)[C@H]1CC[C@H](N/C(=C(\C=N)C(=O)N(CC(=O)c2c(Cl)ccnc2N)Cc2cc(F)cc(F)c2)C(F)(F)F)CC1. The maximum atomic E-state index is 14.3. The molecule has 1 aliphatic carbocycles. The summed E-state index contributed by atoms with van der Waals surface area (Å²) in [6.07, 6.45) is -2.96. The van der Waals surface area contributed by atoms with E-state index in [9.17, 15) is 36.3 Å². The van der Waals surface area contributed by atoms with Crippen LogP contribution in [0.15, 0.2) is 41.7 Å². The van der Waals surface area contributed by atoms with E-state index >= 15 is 0 Å². The molecule has 3 rings (SSSR count). The van der Waals surface area contributed by atoms with Crippen molar-refractivity contribution in [3.05, 3.63) is 69.5 Å². The van der Waals surface area contributed by atoms with E-state index in [0.717, 1.165) is 12.1 Å². The smallest absolute Gasteiger partial charge is 0.431 e. The Morgan fingerprint density at radius 1 is 1.16 bits per heavy atom. The monoisotopic (exact) mass is 629 g/mol. The number of carbonyl (C=O) groups is 3. The quantitative estimate of drug-likeness (QED) is 0.105. The number of ether oxygens (including phenoxy) is 1. The Balaban J connectivity index is 1.98. The summed E-state index contributed by atoms with van der Waals surface area (Å²) in [6.45, 7) is 0.191. The second-order valence-corrected chi connectivity index (χ2v) is 10.2. The van der Waals surface area contributed by atoms with Gasteiger partial charge in [0.15, 0.2) is 5.78 Å². The zero-order valence-electron chi connectivity index (χ0n) is 22.9. The van der Waals surface area contributed by atoms with Gasteiger partial charge in [-0.15, -0.1) is 0 Å². The minimum atomic E-state index is -5.14. The van der Waals surface area contributed by atoms with E-state index in [2.05, 4.69) is 10.3 Å². The molecule has 0 saturated heterocycles. The summed E-state index contributed by atoms with van der Waals surface area (Å²) in [5.41, 5.74) is 2.60. The molecule has 1 amide bonds. The molecule has 4 N–H and O–H groups in total. The zero-order chi connectivity index (χ0) is 31.9. The Labute approximate surface area is 248 Å². The number of hydrogen-bond acceptors (Lipinski definition) is 8. The largest absolute Gasteiger partial charge is 0.466 e. The predicted octanol–water partition coefficient (Wildman–Crippen LogP) is 4.98. The highest BCUT2D eigenvalue weighted by molar-refractivity contribution is 6.34. The molecule has 2 aromatic rings. The van der Waals surface area contributed by atoms with Crippen molar-refractivity contribution in [2.45, 2.75) is 51.4 Å². The molecule has 0 radical (unpaired) electrons. The number of pyridine rings is 1. The van der Waals surface area contributed by atoms with E-state index < -0.39 is 71.8 Å². The van der Waals surface area contributed by atoms with E-state index in [1.54, 1.807) is 6.92 Å². The molecular formula is C28H29ClF5N5O4. The van der Waals surface area contributed by atoms with Crippen LogP contribution in [0.5, 0.6) is 0 Å². The van der Waals surface area contributed by atoms with Crippen LogP contribution in [0, 0.1) is 23.0 Å². The molecule has 1 aromatic carbocycles. The van der Waals surface area contributed by atoms with Crippen LogP contribution in [0.2, 0.25) is 5.02 Å². The minimum Gasteiger partial charge on any atom is -0.466 e. The summed E-state index contributed by atoms with van der Waals surface area (Å²) in [6, 6.07) is 2.69. The number of nitrogens with one attached hydrogen (secondary N) is 2. The number of halogens is 6. The summed E-state index contributed by atoms with van der Waals surface area (Å²) in [5, 5.41) is 9.89. The number of nitrogens with zero attached hydrogens (tertiary/aromatic N) is 2. The van der Waals surface area contributed by atoms with Gasteiger partial charge in [0.1, 0.15) is 23.1 Å². The maximum Gasteiger partial charge on any atom is 0.431 e. The maximum absolute atomic E-state index is 14.3. The summed E-state index contributed by atoms with van der Waals surface area (Å²) in [5.74, 6) is -5.60. The third-order valence-corrected chi connectivity index (χ3v) is 7.06. The Kier molecular flexibility index (Phi) is 11.2. The molecule has 0 atom stereocenters. The average Bonchev–Trinajstić information content (AvgIpc) is 2.91. The molecule has 1 saturated carbocycles. The lowest BCUT2D eigenvalue weighted by Crippen LogP contribution is -2.43. The summed E-state index contributed by atoms with van der Waals surface area (Å²) in [4.78, 5) is 43.2. The number of ketones is 1. The van der Waals surface area contributed by atoms with Crippen LogP contribution >= 0.6 is 11.6 Å². The number of rotatable bonds is 11. The number of carbonyl (C=O) groups excluding carboxylic acids is 3. The fraction of sp³-hybridized carbons (Fsp3) is 0.393. The highest BCUT2D eigenvalue weighted by Crippen LogP contribution is 2.32. The van der Waals surface area contributed by atoms with E-state index in [4.69, 9.17) is 27.5 Å². The molecule has 0 spiro atoms. The molecule has 1 heterocycles. The van der Waals surface area contributed by atoms with Crippen LogP contribution in [-0.4, -0.2) is 59.1 Å². The van der Waals surface area contributed by atoms with Gasteiger partial charge >= 0.3 is 12.1 Å². The number of allylic oxidation sites excluding steroid dienone is 1. The van der Waals surface area contributed by atoms with Crippen LogP contribution in [0.3, 0.4) is 0 Å². The van der Waals surface area contributed by atoms with Gasteiger partial charge in [-0.25, -0.2) is 13.8 Å². The first-order chi connectivity index (χ1) is 20.2. The van der Waals surface area contributed by atoms with Crippen molar-refractivity contribution in [2.24, 2.45) is 5.92 Å². The lowest BCUT2D eigenvalue weighted by Gasteiger charge is -2.31. The number of anilines is 1. The molecule has 15 heteroatoms. The second-order valence-electron chi connectivity index (χ2n) is 9.79. The van der Waals surface area contributed by atoms with Gasteiger partial charge in [-0.05, 0) is 56.4 Å². The Morgan fingerprint density at radius 3 is 2.33 bits per heavy atom. The molecule has 1 fully saturated rings. The normalized spacial score (nSPS) is 17.5. The number of Topliss-reactive ketones (excluding diaryl/α,β-unsaturated/α-hetero) is 1. The minimum absolute atomic E-state index is 0.138. The van der Waals surface area contributed by atoms with Crippen molar-refractivity contribution in [1.29, 1.82) is 5.41 Å². The molecule has 1 aliphatic rings. The van der Waals surface area contributed by atoms with Crippen molar-refractivity contribution in [3.8, 4) is 0 Å². The molecule has 0 aliphatic heterocycles. The lowest BCUT2D eigenvalue weighted by molar-refractivity contribution is -0.149. The second kappa shape index (κ2) is 14.4. The van der Waals surface area contributed by atoms with Crippen molar-refractivity contribution in [2.75, 3.05) is 18.9 Å². The third-order valence-electron chi connectivity index (χ3n) is 6.75. The van der Waals surface area contributed by atoms with E-state index in [-0.39, 0.29) is 60.5 Å². The van der Waals surface area contributed by atoms with Gasteiger partial charge in [0, 0.05) is 31.1 Å². The molecule has 232 valence electrons. The Morgan fingerprint density at radius 2 is 1.79 bits per heavy atom. The number of aromatic nitrogens is 1. The number of benzene rings is 1. The van der Waals surface area contributed by atoms with Gasteiger partial charge in [0.2, 0.25) is 0 Å². The van der Waals surface area contributed by atoms with Crippen LogP contribution in [-0.2, 0) is 20.9 Å². The van der Waals surface area contributed by atoms with Crippen LogP contribution in [0.4, 0.5) is 27.8 Å². The molecule has 43 heavy (non-hydrogen) atoms. The lowest BCUT2D eigenvalue weighted by atomic mass is 9.86. The zero-order valence-corrected chi connectivity index (χ0v) is 23.7. The summed E-state index contributed by atoms with van der Waals surface area (Å²) < 4.78 is 75.8. The third kappa shape index (κ3) is 8.72.